The summed E-state index contributed by atoms with van der Waals surface area (Å²) >= 11 is 0. The number of amides is 1. The first-order chi connectivity index (χ1) is 7.76. The zero-order valence-electron chi connectivity index (χ0n) is 10.3. The lowest BCUT2D eigenvalue weighted by Crippen LogP contribution is -2.44. The fourth-order valence-corrected chi connectivity index (χ4v) is 0.955. The van der Waals surface area contributed by atoms with Crippen molar-refractivity contribution >= 4 is 12.1 Å². The molecule has 0 aliphatic heterocycles. The number of aliphatic hydroxyl groups is 1. The van der Waals surface area contributed by atoms with Crippen LogP contribution in [0.3, 0.4) is 0 Å². The largest absolute Gasteiger partial charge is 0.480 e. The van der Waals surface area contributed by atoms with E-state index in [9.17, 15) is 9.59 Å². The molecule has 0 fully saturated rings. The van der Waals surface area contributed by atoms with Crippen LogP contribution in [0.1, 0.15) is 20.8 Å². The Bertz CT molecular complexity index is 262. The van der Waals surface area contributed by atoms with Crippen molar-refractivity contribution in [3.63, 3.8) is 0 Å². The van der Waals surface area contributed by atoms with E-state index in [1.54, 1.807) is 20.8 Å². The van der Waals surface area contributed by atoms with Gasteiger partial charge in [-0.3, -0.25) is 4.79 Å². The Labute approximate surface area is 100 Å². The summed E-state index contributed by atoms with van der Waals surface area (Å²) in [6.07, 6.45) is -0.560. The molecule has 0 aliphatic carbocycles. The lowest BCUT2D eigenvalue weighted by Gasteiger charge is -2.20. The second kappa shape index (κ2) is 7.08. The van der Waals surface area contributed by atoms with Gasteiger partial charge in [0.1, 0.15) is 11.6 Å². The molecule has 0 radical (unpaired) electrons. The second-order valence-electron chi connectivity index (χ2n) is 4.46. The summed E-state index contributed by atoms with van der Waals surface area (Å²) in [4.78, 5) is 21.7. The van der Waals surface area contributed by atoms with E-state index in [-0.39, 0.29) is 13.1 Å². The van der Waals surface area contributed by atoms with Crippen molar-refractivity contribution in [2.75, 3.05) is 19.7 Å². The molecule has 0 bridgehead atoms. The molecule has 0 saturated heterocycles. The van der Waals surface area contributed by atoms with Crippen LogP contribution in [-0.2, 0) is 9.53 Å². The van der Waals surface area contributed by atoms with Crippen molar-refractivity contribution in [2.24, 2.45) is 0 Å². The number of aliphatic carboxylic acids is 1. The smallest absolute Gasteiger partial charge is 0.407 e. The van der Waals surface area contributed by atoms with Gasteiger partial charge in [0, 0.05) is 13.1 Å². The van der Waals surface area contributed by atoms with Crippen molar-refractivity contribution in [2.45, 2.75) is 32.4 Å². The number of rotatable bonds is 6. The summed E-state index contributed by atoms with van der Waals surface area (Å²) in [7, 11) is 0. The normalized spacial score (nSPS) is 12.9. The van der Waals surface area contributed by atoms with Gasteiger partial charge in [-0.15, -0.1) is 0 Å². The Morgan fingerprint density at radius 1 is 1.29 bits per heavy atom. The first-order valence-corrected chi connectivity index (χ1v) is 5.30. The number of aliphatic hydroxyl groups excluding tert-OH is 1. The number of carboxylic acid groups (broad SMARTS) is 1. The molecule has 0 saturated carbocycles. The van der Waals surface area contributed by atoms with Gasteiger partial charge in [0.25, 0.3) is 0 Å². The summed E-state index contributed by atoms with van der Waals surface area (Å²) < 4.78 is 4.98. The van der Waals surface area contributed by atoms with Crippen molar-refractivity contribution in [3.8, 4) is 0 Å². The average Bonchev–Trinajstić information content (AvgIpc) is 2.14. The Morgan fingerprint density at radius 3 is 2.29 bits per heavy atom. The molecule has 0 spiro atoms. The van der Waals surface area contributed by atoms with E-state index in [1.165, 1.54) is 0 Å². The van der Waals surface area contributed by atoms with Crippen LogP contribution < -0.4 is 10.6 Å². The first-order valence-electron chi connectivity index (χ1n) is 5.30. The van der Waals surface area contributed by atoms with Crippen molar-refractivity contribution in [3.05, 3.63) is 0 Å². The molecule has 4 N–H and O–H groups in total. The fraction of sp³-hybridized carbons (Fsp3) is 0.800. The van der Waals surface area contributed by atoms with Crippen LogP contribution in [-0.4, -0.2) is 53.6 Å². The van der Waals surface area contributed by atoms with E-state index < -0.39 is 30.3 Å². The van der Waals surface area contributed by atoms with Crippen molar-refractivity contribution in [1.82, 2.24) is 10.6 Å². The summed E-state index contributed by atoms with van der Waals surface area (Å²) in [5, 5.41) is 22.3. The van der Waals surface area contributed by atoms with Crippen molar-refractivity contribution in [1.29, 1.82) is 0 Å². The van der Waals surface area contributed by atoms with E-state index in [4.69, 9.17) is 14.9 Å². The topological polar surface area (TPSA) is 108 Å². The van der Waals surface area contributed by atoms with E-state index in [1.807, 2.05) is 0 Å². The Hall–Kier alpha value is -1.34. The minimum atomic E-state index is -1.13. The number of nitrogens with one attached hydrogen (secondary N) is 2. The molecule has 0 aromatic heterocycles. The van der Waals surface area contributed by atoms with E-state index in [0.29, 0.717) is 0 Å². The second-order valence-corrected chi connectivity index (χ2v) is 4.46. The Morgan fingerprint density at radius 2 is 1.88 bits per heavy atom. The minimum absolute atomic E-state index is 0.221. The van der Waals surface area contributed by atoms with Gasteiger partial charge in [-0.1, -0.05) is 0 Å². The van der Waals surface area contributed by atoms with Crippen molar-refractivity contribution < 1.29 is 24.5 Å². The number of carbonyl (C=O) groups excluding carboxylic acids is 1. The third kappa shape index (κ3) is 8.47. The molecule has 7 nitrogen and oxygen atoms in total. The van der Waals surface area contributed by atoms with Crippen LogP contribution in [0.2, 0.25) is 0 Å². The highest BCUT2D eigenvalue weighted by Gasteiger charge is 2.17. The summed E-state index contributed by atoms with van der Waals surface area (Å²) in [5.74, 6) is -1.13. The molecule has 0 aromatic rings. The molecule has 0 aliphatic rings. The average molecular weight is 248 g/mol. The standard InChI is InChI=1S/C10H20N2O5/c1-10(2,3)17-9(16)12-5-4-11-7(6-13)8(14)15/h7,11,13H,4-6H2,1-3H3,(H,12,16)(H,14,15)/t7-/m0/s1. The van der Waals surface area contributed by atoms with Crippen LogP contribution in [0.5, 0.6) is 0 Å². The van der Waals surface area contributed by atoms with Crippen LogP contribution >= 0.6 is 0 Å². The zero-order chi connectivity index (χ0) is 13.5. The molecule has 17 heavy (non-hydrogen) atoms. The van der Waals surface area contributed by atoms with Crippen LogP contribution in [0.25, 0.3) is 0 Å². The number of hydrogen-bond donors (Lipinski definition) is 4. The first kappa shape index (κ1) is 15.7. The van der Waals surface area contributed by atoms with Gasteiger partial charge in [-0.25, -0.2) is 4.79 Å². The lowest BCUT2D eigenvalue weighted by atomic mass is 10.2. The van der Waals surface area contributed by atoms with Gasteiger partial charge in [-0.05, 0) is 20.8 Å². The predicted octanol–water partition coefficient (Wildman–Crippen LogP) is -0.454. The van der Waals surface area contributed by atoms with Gasteiger partial charge < -0.3 is 25.6 Å². The predicted molar refractivity (Wildman–Crippen MR) is 60.7 cm³/mol. The third-order valence-electron chi connectivity index (χ3n) is 1.66. The van der Waals surface area contributed by atoms with Gasteiger partial charge in [-0.2, -0.15) is 0 Å². The SMILES string of the molecule is CC(C)(C)OC(=O)NCCN[C@@H](CO)C(=O)O. The maximum Gasteiger partial charge on any atom is 0.407 e. The van der Waals surface area contributed by atoms with Crippen LogP contribution in [0.15, 0.2) is 0 Å². The maximum absolute atomic E-state index is 11.2. The quantitative estimate of drug-likeness (QED) is 0.474. The highest BCUT2D eigenvalue weighted by atomic mass is 16.6. The highest BCUT2D eigenvalue weighted by Crippen LogP contribution is 2.05. The molecule has 0 rings (SSSR count). The maximum atomic E-state index is 11.2. The number of ether oxygens (including phenoxy) is 1. The molecule has 0 heterocycles. The molecule has 100 valence electrons. The van der Waals surface area contributed by atoms with E-state index in [2.05, 4.69) is 10.6 Å². The number of carboxylic acids is 1. The minimum Gasteiger partial charge on any atom is -0.480 e. The Kier molecular flexibility index (Phi) is 6.52. The van der Waals surface area contributed by atoms with Gasteiger partial charge in [0.05, 0.1) is 6.61 Å². The van der Waals surface area contributed by atoms with E-state index >= 15 is 0 Å². The molecule has 1 amide bonds. The van der Waals surface area contributed by atoms with E-state index in [0.717, 1.165) is 0 Å². The van der Waals surface area contributed by atoms with Crippen LogP contribution in [0.4, 0.5) is 4.79 Å². The summed E-state index contributed by atoms with van der Waals surface area (Å²) in [5.41, 5.74) is -0.563. The number of alkyl carbamates (subject to hydrolysis) is 1. The molecule has 0 unspecified atom stereocenters. The van der Waals surface area contributed by atoms with Crippen LogP contribution in [0, 0.1) is 0 Å². The number of carbonyl (C=O) groups is 2. The van der Waals surface area contributed by atoms with Gasteiger partial charge in [0.15, 0.2) is 0 Å². The summed E-state index contributed by atoms with van der Waals surface area (Å²) in [6.45, 7) is 5.20. The Balaban J connectivity index is 3.71. The molecule has 7 heteroatoms. The molecular weight excluding hydrogens is 228 g/mol. The fourth-order valence-electron chi connectivity index (χ4n) is 0.955. The summed E-state index contributed by atoms with van der Waals surface area (Å²) in [6, 6.07) is -1.02. The van der Waals surface area contributed by atoms with Gasteiger partial charge >= 0.3 is 12.1 Å². The molecular formula is C10H20N2O5. The van der Waals surface area contributed by atoms with Gasteiger partial charge in [0.2, 0.25) is 0 Å². The number of hydrogen-bond acceptors (Lipinski definition) is 5. The third-order valence-corrected chi connectivity index (χ3v) is 1.66. The highest BCUT2D eigenvalue weighted by molar-refractivity contribution is 5.73. The molecule has 1 atom stereocenters. The zero-order valence-corrected chi connectivity index (χ0v) is 10.3. The lowest BCUT2D eigenvalue weighted by molar-refractivity contribution is -0.140. The molecule has 0 aromatic carbocycles. The monoisotopic (exact) mass is 248 g/mol.